The first-order valence-corrected chi connectivity index (χ1v) is 5.92. The first-order chi connectivity index (χ1) is 7.67. The van der Waals surface area contributed by atoms with Gasteiger partial charge in [-0.15, -0.1) is 0 Å². The molecule has 0 aliphatic heterocycles. The molecule has 1 aliphatic carbocycles. The van der Waals surface area contributed by atoms with Gasteiger partial charge < -0.3 is 10.1 Å². The Kier molecular flexibility index (Phi) is 3.27. The van der Waals surface area contributed by atoms with Crippen molar-refractivity contribution < 1.29 is 4.74 Å². The molecular weight excluding hydrogens is 202 g/mol. The minimum absolute atomic E-state index is 0.568. The number of anilines is 1. The summed E-state index contributed by atoms with van der Waals surface area (Å²) in [5.74, 6) is 3.13. The van der Waals surface area contributed by atoms with E-state index in [0.717, 1.165) is 17.6 Å². The molecule has 1 fully saturated rings. The van der Waals surface area contributed by atoms with E-state index in [1.807, 2.05) is 19.9 Å². The normalized spacial score (nSPS) is 23.7. The molecule has 1 aromatic rings. The van der Waals surface area contributed by atoms with E-state index in [4.69, 9.17) is 4.74 Å². The van der Waals surface area contributed by atoms with Crippen LogP contribution in [-0.2, 0) is 0 Å². The molecule has 2 rings (SSSR count). The van der Waals surface area contributed by atoms with Crippen LogP contribution >= 0.6 is 0 Å². The van der Waals surface area contributed by atoms with Crippen LogP contribution < -0.4 is 10.1 Å². The van der Waals surface area contributed by atoms with Crippen LogP contribution in [0.15, 0.2) is 6.07 Å². The largest absolute Gasteiger partial charge is 0.478 e. The van der Waals surface area contributed by atoms with Crippen LogP contribution in [0.1, 0.15) is 32.5 Å². The number of nitrogens with zero attached hydrogens (tertiary/aromatic N) is 2. The van der Waals surface area contributed by atoms with Gasteiger partial charge in [0, 0.05) is 12.1 Å². The Bertz CT molecular complexity index is 361. The van der Waals surface area contributed by atoms with Crippen LogP contribution in [0.3, 0.4) is 0 Å². The van der Waals surface area contributed by atoms with Gasteiger partial charge in [-0.1, -0.05) is 6.92 Å². The zero-order chi connectivity index (χ0) is 11.5. The highest BCUT2D eigenvalue weighted by atomic mass is 16.5. The minimum atomic E-state index is 0.568. The summed E-state index contributed by atoms with van der Waals surface area (Å²) < 4.78 is 5.39. The fraction of sp³-hybridized carbons (Fsp3) is 0.667. The molecule has 1 aromatic heterocycles. The number of aromatic nitrogens is 2. The van der Waals surface area contributed by atoms with E-state index in [9.17, 15) is 0 Å². The molecule has 0 radical (unpaired) electrons. The van der Waals surface area contributed by atoms with Gasteiger partial charge >= 0.3 is 0 Å². The van der Waals surface area contributed by atoms with Crippen molar-refractivity contribution in [2.45, 2.75) is 39.7 Å². The lowest BCUT2D eigenvalue weighted by Gasteiger charge is -2.33. The summed E-state index contributed by atoms with van der Waals surface area (Å²) in [7, 11) is 0. The molecule has 4 heteroatoms. The molecule has 4 nitrogen and oxygen atoms in total. The number of hydrogen-bond acceptors (Lipinski definition) is 4. The summed E-state index contributed by atoms with van der Waals surface area (Å²) in [5, 5.41) is 3.42. The topological polar surface area (TPSA) is 47.0 Å². The highest BCUT2D eigenvalue weighted by molar-refractivity contribution is 5.39. The van der Waals surface area contributed by atoms with E-state index in [2.05, 4.69) is 22.2 Å². The van der Waals surface area contributed by atoms with Gasteiger partial charge in [0.05, 0.1) is 6.61 Å². The van der Waals surface area contributed by atoms with E-state index in [-0.39, 0.29) is 0 Å². The Labute approximate surface area is 96.4 Å². The van der Waals surface area contributed by atoms with Crippen molar-refractivity contribution in [3.63, 3.8) is 0 Å². The molecule has 1 aliphatic rings. The quantitative estimate of drug-likeness (QED) is 0.848. The van der Waals surface area contributed by atoms with E-state index >= 15 is 0 Å². The Balaban J connectivity index is 2.02. The number of nitrogens with one attached hydrogen (secondary N) is 1. The predicted octanol–water partition coefficient (Wildman–Crippen LogP) is 2.39. The van der Waals surface area contributed by atoms with Gasteiger partial charge in [0.1, 0.15) is 11.6 Å². The first-order valence-electron chi connectivity index (χ1n) is 5.92. The molecule has 0 saturated heterocycles. The molecule has 0 atom stereocenters. The van der Waals surface area contributed by atoms with Crippen LogP contribution in [0, 0.1) is 12.8 Å². The summed E-state index contributed by atoms with van der Waals surface area (Å²) in [5.41, 5.74) is 0. The van der Waals surface area contributed by atoms with Gasteiger partial charge in [0.2, 0.25) is 5.88 Å². The average Bonchev–Trinajstić information content (AvgIpc) is 2.15. The second-order valence-corrected chi connectivity index (χ2v) is 4.49. The predicted molar refractivity (Wildman–Crippen MR) is 63.7 cm³/mol. The van der Waals surface area contributed by atoms with Gasteiger partial charge in [0.15, 0.2) is 0 Å². The smallest absolute Gasteiger partial charge is 0.218 e. The van der Waals surface area contributed by atoms with Crippen molar-refractivity contribution in [3.8, 4) is 5.88 Å². The van der Waals surface area contributed by atoms with Crippen LogP contribution in [0.5, 0.6) is 5.88 Å². The maximum atomic E-state index is 5.39. The van der Waals surface area contributed by atoms with Crippen LogP contribution in [-0.4, -0.2) is 22.6 Å². The van der Waals surface area contributed by atoms with Gasteiger partial charge in [-0.2, -0.15) is 4.98 Å². The zero-order valence-electron chi connectivity index (χ0n) is 10.2. The van der Waals surface area contributed by atoms with Crippen molar-refractivity contribution in [1.29, 1.82) is 0 Å². The fourth-order valence-corrected chi connectivity index (χ4v) is 2.07. The van der Waals surface area contributed by atoms with Crippen molar-refractivity contribution in [3.05, 3.63) is 11.9 Å². The van der Waals surface area contributed by atoms with Gasteiger partial charge in [0.25, 0.3) is 0 Å². The van der Waals surface area contributed by atoms with Crippen LogP contribution in [0.2, 0.25) is 0 Å². The first kappa shape index (κ1) is 11.2. The molecular formula is C12H19N3O. The van der Waals surface area contributed by atoms with Gasteiger partial charge in [-0.3, -0.25) is 0 Å². The van der Waals surface area contributed by atoms with Gasteiger partial charge in [-0.05, 0) is 32.6 Å². The third-order valence-corrected chi connectivity index (χ3v) is 2.83. The lowest BCUT2D eigenvalue weighted by molar-refractivity contribution is 0.307. The fourth-order valence-electron chi connectivity index (χ4n) is 2.07. The summed E-state index contributed by atoms with van der Waals surface area (Å²) in [4.78, 5) is 8.58. The molecule has 1 heterocycles. The van der Waals surface area contributed by atoms with E-state index < -0.39 is 0 Å². The maximum absolute atomic E-state index is 5.39. The van der Waals surface area contributed by atoms with Crippen molar-refractivity contribution >= 4 is 5.82 Å². The summed E-state index contributed by atoms with van der Waals surface area (Å²) in [6.45, 7) is 6.75. The molecule has 0 bridgehead atoms. The summed E-state index contributed by atoms with van der Waals surface area (Å²) >= 11 is 0. The van der Waals surface area contributed by atoms with Gasteiger partial charge in [-0.25, -0.2) is 4.98 Å². The Morgan fingerprint density at radius 3 is 2.81 bits per heavy atom. The number of ether oxygens (including phenoxy) is 1. The van der Waals surface area contributed by atoms with Crippen LogP contribution in [0.4, 0.5) is 5.82 Å². The van der Waals surface area contributed by atoms with E-state index in [0.29, 0.717) is 18.5 Å². The number of hydrogen-bond donors (Lipinski definition) is 1. The molecule has 16 heavy (non-hydrogen) atoms. The Morgan fingerprint density at radius 1 is 1.44 bits per heavy atom. The number of aryl methyl sites for hydroxylation is 1. The molecule has 0 unspecified atom stereocenters. The van der Waals surface area contributed by atoms with E-state index in [1.165, 1.54) is 12.8 Å². The SMILES string of the molecule is CCOc1cc(NC2CC(C)C2)nc(C)n1. The molecule has 0 aromatic carbocycles. The monoisotopic (exact) mass is 221 g/mol. The summed E-state index contributed by atoms with van der Waals surface area (Å²) in [6.07, 6.45) is 2.46. The van der Waals surface area contributed by atoms with Crippen molar-refractivity contribution in [2.75, 3.05) is 11.9 Å². The van der Waals surface area contributed by atoms with Crippen molar-refractivity contribution in [2.24, 2.45) is 5.92 Å². The maximum Gasteiger partial charge on any atom is 0.218 e. The lowest BCUT2D eigenvalue weighted by atomic mass is 9.82. The highest BCUT2D eigenvalue weighted by Crippen LogP contribution is 2.29. The standard InChI is InChI=1S/C12H19N3O/c1-4-16-12-7-11(13-9(3)14-12)15-10-5-8(2)6-10/h7-8,10H,4-6H2,1-3H3,(H,13,14,15). The van der Waals surface area contributed by atoms with Crippen LogP contribution in [0.25, 0.3) is 0 Å². The second-order valence-electron chi connectivity index (χ2n) is 4.49. The third-order valence-electron chi connectivity index (χ3n) is 2.83. The third kappa shape index (κ3) is 2.62. The highest BCUT2D eigenvalue weighted by Gasteiger charge is 2.25. The second kappa shape index (κ2) is 4.68. The molecule has 0 amide bonds. The molecule has 1 saturated carbocycles. The number of rotatable bonds is 4. The van der Waals surface area contributed by atoms with Crippen molar-refractivity contribution in [1.82, 2.24) is 9.97 Å². The summed E-state index contributed by atoms with van der Waals surface area (Å²) in [6, 6.07) is 2.44. The molecule has 88 valence electrons. The molecule has 0 spiro atoms. The molecule has 1 N–H and O–H groups in total. The average molecular weight is 221 g/mol. The zero-order valence-corrected chi connectivity index (χ0v) is 10.2. The lowest BCUT2D eigenvalue weighted by Crippen LogP contribution is -2.34. The Morgan fingerprint density at radius 2 is 2.19 bits per heavy atom. The Hall–Kier alpha value is -1.32. The minimum Gasteiger partial charge on any atom is -0.478 e. The van der Waals surface area contributed by atoms with E-state index in [1.54, 1.807) is 0 Å².